The number of hydrogen-bond donors (Lipinski definition) is 1. The van der Waals surface area contributed by atoms with Crippen LogP contribution in [0.15, 0.2) is 72.8 Å². The fraction of sp³-hybridized carbons (Fsp3) is 0.214. The lowest BCUT2D eigenvalue weighted by molar-refractivity contribution is -0.384. The number of benzene rings is 3. The number of piperazine rings is 1. The minimum absolute atomic E-state index is 0.0119. The van der Waals surface area contributed by atoms with E-state index in [1.165, 1.54) is 12.1 Å². The van der Waals surface area contributed by atoms with Crippen molar-refractivity contribution in [1.29, 1.82) is 0 Å². The highest BCUT2D eigenvalue weighted by Crippen LogP contribution is 2.42. The normalized spacial score (nSPS) is 19.2. The number of fused-ring (bicyclic) bond motifs is 4. The van der Waals surface area contributed by atoms with E-state index >= 15 is 0 Å². The Morgan fingerprint density at radius 3 is 2.46 bits per heavy atom. The molecule has 3 heterocycles. The maximum atomic E-state index is 13.8. The average Bonchev–Trinajstić information content (AvgIpc) is 3.28. The molecule has 4 aromatic rings. The highest BCUT2D eigenvalue weighted by atomic mass is 35.5. The molecule has 0 unspecified atom stereocenters. The van der Waals surface area contributed by atoms with Crippen molar-refractivity contribution in [3.8, 4) is 0 Å². The number of nitrogens with one attached hydrogen (secondary N) is 1. The maximum Gasteiger partial charge on any atom is 0.269 e. The van der Waals surface area contributed by atoms with E-state index in [-0.39, 0.29) is 24.0 Å². The molecule has 3 aromatic carbocycles. The van der Waals surface area contributed by atoms with E-state index in [0.29, 0.717) is 24.4 Å². The lowest BCUT2D eigenvalue weighted by atomic mass is 9.86. The largest absolute Gasteiger partial charge is 0.356 e. The highest BCUT2D eigenvalue weighted by molar-refractivity contribution is 6.30. The fourth-order valence-electron chi connectivity index (χ4n) is 5.55. The zero-order valence-corrected chi connectivity index (χ0v) is 20.5. The number of H-pyrrole nitrogens is 1. The Bertz CT molecular complexity index is 1530. The topological polar surface area (TPSA) is 99.5 Å². The molecule has 0 saturated carbocycles. The van der Waals surface area contributed by atoms with Gasteiger partial charge in [-0.1, -0.05) is 41.9 Å². The highest BCUT2D eigenvalue weighted by Gasteiger charge is 2.48. The number of aromatic nitrogens is 1. The van der Waals surface area contributed by atoms with Crippen LogP contribution in [-0.4, -0.2) is 50.7 Å². The van der Waals surface area contributed by atoms with Crippen LogP contribution in [0, 0.1) is 10.1 Å². The number of nitrogens with zero attached hydrogens (tertiary/aromatic N) is 3. The second kappa shape index (κ2) is 9.05. The minimum Gasteiger partial charge on any atom is -0.356 e. The Hall–Kier alpha value is -4.17. The van der Waals surface area contributed by atoms with Gasteiger partial charge in [-0.05, 0) is 53.4 Å². The maximum absolute atomic E-state index is 13.8. The smallest absolute Gasteiger partial charge is 0.269 e. The third-order valence-electron chi connectivity index (χ3n) is 7.35. The number of amides is 2. The SMILES string of the molecule is O=C1[C@@H]2Cc3c([nH]c4ccccc34)[C@H](c3ccc([N+](=O)[O-])cc3)N2C(=O)CN1CCc1ccc(Cl)cc1. The number of non-ortho nitro benzene ring substituents is 1. The van der Waals surface area contributed by atoms with Crippen molar-refractivity contribution < 1.29 is 14.5 Å². The second-order valence-corrected chi connectivity index (χ2v) is 9.91. The second-order valence-electron chi connectivity index (χ2n) is 9.47. The summed E-state index contributed by atoms with van der Waals surface area (Å²) in [6, 6.07) is 20.4. The summed E-state index contributed by atoms with van der Waals surface area (Å²) in [7, 11) is 0. The molecule has 0 spiro atoms. The first-order valence-electron chi connectivity index (χ1n) is 12.1. The number of halogens is 1. The van der Waals surface area contributed by atoms with Crippen molar-refractivity contribution in [2.45, 2.75) is 24.9 Å². The van der Waals surface area contributed by atoms with Gasteiger partial charge in [0.05, 0.1) is 17.5 Å². The van der Waals surface area contributed by atoms with Crippen LogP contribution in [0.4, 0.5) is 5.69 Å². The molecule has 2 atom stereocenters. The van der Waals surface area contributed by atoms with Crippen molar-refractivity contribution in [3.63, 3.8) is 0 Å². The predicted molar refractivity (Wildman–Crippen MR) is 139 cm³/mol. The first-order valence-corrected chi connectivity index (χ1v) is 12.5. The number of carbonyl (C=O) groups is 2. The molecular formula is C28H23ClN4O4. The summed E-state index contributed by atoms with van der Waals surface area (Å²) in [4.78, 5) is 45.0. The lowest BCUT2D eigenvalue weighted by Crippen LogP contribution is -2.63. The van der Waals surface area contributed by atoms with Crippen molar-refractivity contribution in [2.24, 2.45) is 0 Å². The van der Waals surface area contributed by atoms with E-state index in [1.54, 1.807) is 21.9 Å². The fourth-order valence-corrected chi connectivity index (χ4v) is 5.68. The number of para-hydroxylation sites is 1. The molecule has 0 bridgehead atoms. The number of carbonyl (C=O) groups excluding carboxylic acids is 2. The van der Waals surface area contributed by atoms with E-state index in [2.05, 4.69) is 4.98 Å². The third-order valence-corrected chi connectivity index (χ3v) is 7.60. The Morgan fingerprint density at radius 1 is 1.00 bits per heavy atom. The molecule has 0 aliphatic carbocycles. The molecule has 186 valence electrons. The summed E-state index contributed by atoms with van der Waals surface area (Å²) >= 11 is 5.99. The molecule has 1 aromatic heterocycles. The lowest BCUT2D eigenvalue weighted by Gasteiger charge is -2.47. The standard InChI is InChI=1S/C28H23ClN4O4/c29-19-9-5-17(6-10-19)13-14-31-16-25(34)32-24(28(31)35)15-22-21-3-1-2-4-23(21)30-26(22)27(32)18-7-11-20(12-8-18)33(36)37/h1-12,24,27,30H,13-16H2/t24-,27-/m0/s1. The molecule has 1 fully saturated rings. The zero-order valence-electron chi connectivity index (χ0n) is 19.8. The third kappa shape index (κ3) is 4.03. The Morgan fingerprint density at radius 2 is 1.73 bits per heavy atom. The van der Waals surface area contributed by atoms with Gasteiger partial charge in [0.1, 0.15) is 6.04 Å². The van der Waals surface area contributed by atoms with Gasteiger partial charge >= 0.3 is 0 Å². The monoisotopic (exact) mass is 514 g/mol. The Labute approximate surface area is 217 Å². The summed E-state index contributed by atoms with van der Waals surface area (Å²) < 4.78 is 0. The van der Waals surface area contributed by atoms with Crippen LogP contribution in [0.1, 0.15) is 28.4 Å². The van der Waals surface area contributed by atoms with E-state index in [1.807, 2.05) is 48.5 Å². The van der Waals surface area contributed by atoms with E-state index in [4.69, 9.17) is 11.6 Å². The molecule has 1 saturated heterocycles. The molecule has 1 N–H and O–H groups in total. The summed E-state index contributed by atoms with van der Waals surface area (Å²) in [6.45, 7) is 0.418. The number of hydrogen-bond acceptors (Lipinski definition) is 4. The van der Waals surface area contributed by atoms with Gasteiger partial charge in [0.15, 0.2) is 0 Å². The molecular weight excluding hydrogens is 492 g/mol. The molecule has 37 heavy (non-hydrogen) atoms. The molecule has 2 aliphatic heterocycles. The van der Waals surface area contributed by atoms with Crippen LogP contribution in [0.5, 0.6) is 0 Å². The quantitative estimate of drug-likeness (QED) is 0.309. The first-order chi connectivity index (χ1) is 17.9. The molecule has 9 heteroatoms. The average molecular weight is 515 g/mol. The van der Waals surface area contributed by atoms with Gasteiger partial charge in [0.2, 0.25) is 11.8 Å². The van der Waals surface area contributed by atoms with Gasteiger partial charge in [-0.25, -0.2) is 0 Å². The van der Waals surface area contributed by atoms with Crippen LogP contribution < -0.4 is 0 Å². The number of nitro groups is 1. The molecule has 6 rings (SSSR count). The minimum atomic E-state index is -0.654. The van der Waals surface area contributed by atoms with E-state index < -0.39 is 17.0 Å². The number of nitro benzene ring substituents is 1. The first kappa shape index (κ1) is 23.2. The molecule has 2 aliphatic rings. The predicted octanol–water partition coefficient (Wildman–Crippen LogP) is 4.66. The van der Waals surface area contributed by atoms with Crippen LogP contribution in [-0.2, 0) is 22.4 Å². The van der Waals surface area contributed by atoms with Crippen LogP contribution in [0.3, 0.4) is 0 Å². The van der Waals surface area contributed by atoms with Crippen LogP contribution in [0.2, 0.25) is 5.02 Å². The van der Waals surface area contributed by atoms with Gasteiger partial charge in [-0.15, -0.1) is 0 Å². The van der Waals surface area contributed by atoms with Crippen molar-refractivity contribution in [1.82, 2.24) is 14.8 Å². The van der Waals surface area contributed by atoms with Gasteiger partial charge in [0, 0.05) is 46.7 Å². The summed E-state index contributed by atoms with van der Waals surface area (Å²) in [5.41, 5.74) is 4.52. The van der Waals surface area contributed by atoms with E-state index in [9.17, 15) is 19.7 Å². The van der Waals surface area contributed by atoms with Gasteiger partial charge in [-0.2, -0.15) is 0 Å². The van der Waals surface area contributed by atoms with Gasteiger partial charge in [-0.3, -0.25) is 19.7 Å². The number of rotatable bonds is 5. The van der Waals surface area contributed by atoms with Crippen LogP contribution >= 0.6 is 11.6 Å². The zero-order chi connectivity index (χ0) is 25.7. The van der Waals surface area contributed by atoms with Gasteiger partial charge in [0.25, 0.3) is 5.69 Å². The molecule has 0 radical (unpaired) electrons. The van der Waals surface area contributed by atoms with Crippen LogP contribution in [0.25, 0.3) is 10.9 Å². The summed E-state index contributed by atoms with van der Waals surface area (Å²) in [5.74, 6) is -0.232. The summed E-state index contributed by atoms with van der Waals surface area (Å²) in [5, 5.41) is 12.9. The van der Waals surface area contributed by atoms with Crippen molar-refractivity contribution >= 4 is 40.0 Å². The molecule has 2 amide bonds. The Kier molecular flexibility index (Phi) is 5.68. The summed E-state index contributed by atoms with van der Waals surface area (Å²) in [6.07, 6.45) is 1.03. The molecule has 8 nitrogen and oxygen atoms in total. The van der Waals surface area contributed by atoms with Gasteiger partial charge < -0.3 is 14.8 Å². The Balaban J connectivity index is 1.38. The van der Waals surface area contributed by atoms with Crippen molar-refractivity contribution in [2.75, 3.05) is 13.1 Å². The van der Waals surface area contributed by atoms with E-state index in [0.717, 1.165) is 33.3 Å². The number of aromatic amines is 1. The van der Waals surface area contributed by atoms with Crippen molar-refractivity contribution in [3.05, 3.63) is 110 Å².